The van der Waals surface area contributed by atoms with Crippen molar-refractivity contribution in [3.05, 3.63) is 42.2 Å². The van der Waals surface area contributed by atoms with E-state index < -0.39 is 0 Å². The molecule has 0 bridgehead atoms. The van der Waals surface area contributed by atoms with E-state index in [0.29, 0.717) is 23.7 Å². The molecule has 3 heterocycles. The first-order chi connectivity index (χ1) is 13.7. The van der Waals surface area contributed by atoms with Crippen LogP contribution in [-0.4, -0.2) is 55.8 Å². The maximum atomic E-state index is 12.7. The van der Waals surface area contributed by atoms with Gasteiger partial charge in [0.05, 0.1) is 19.8 Å². The standard InChI is InChI=1S/C22H26N2O4/c1-26-18-6-4-14(5-7-18)19-8-9-20(28-19)22(25)23-16-10-17-13-27-21(15-2-3-15)12-24(17)11-16/h4-9,15-17,21H,2-3,10-13H2,1H3,(H,23,25)/t16-,17-,21+/m0/s1. The summed E-state index contributed by atoms with van der Waals surface area (Å²) in [4.78, 5) is 15.1. The average Bonchev–Trinajstić information content (AvgIpc) is 3.31. The monoisotopic (exact) mass is 382 g/mol. The molecule has 1 amide bonds. The molecule has 0 unspecified atom stereocenters. The molecule has 1 aromatic heterocycles. The van der Waals surface area contributed by atoms with Crippen LogP contribution in [0.15, 0.2) is 40.8 Å². The Morgan fingerprint density at radius 1 is 1.14 bits per heavy atom. The molecule has 1 saturated carbocycles. The number of hydrogen-bond acceptors (Lipinski definition) is 5. The quantitative estimate of drug-likeness (QED) is 0.861. The number of amides is 1. The van der Waals surface area contributed by atoms with E-state index in [0.717, 1.165) is 43.3 Å². The predicted molar refractivity (Wildman–Crippen MR) is 104 cm³/mol. The zero-order valence-corrected chi connectivity index (χ0v) is 16.1. The first-order valence-corrected chi connectivity index (χ1v) is 10.1. The van der Waals surface area contributed by atoms with Crippen LogP contribution in [0.25, 0.3) is 11.3 Å². The van der Waals surface area contributed by atoms with E-state index in [-0.39, 0.29) is 11.9 Å². The molecule has 3 fully saturated rings. The van der Waals surface area contributed by atoms with Crippen LogP contribution in [0, 0.1) is 5.92 Å². The van der Waals surface area contributed by atoms with Crippen molar-refractivity contribution in [2.75, 3.05) is 26.8 Å². The molecule has 0 spiro atoms. The summed E-state index contributed by atoms with van der Waals surface area (Å²) >= 11 is 0. The van der Waals surface area contributed by atoms with Gasteiger partial charge in [-0.2, -0.15) is 0 Å². The van der Waals surface area contributed by atoms with Crippen molar-refractivity contribution in [2.45, 2.75) is 37.5 Å². The van der Waals surface area contributed by atoms with Crippen molar-refractivity contribution in [2.24, 2.45) is 5.92 Å². The van der Waals surface area contributed by atoms with E-state index in [9.17, 15) is 4.79 Å². The third kappa shape index (κ3) is 3.54. The molecule has 6 nitrogen and oxygen atoms in total. The highest BCUT2D eigenvalue weighted by atomic mass is 16.5. The molecule has 2 aromatic rings. The lowest BCUT2D eigenvalue weighted by Crippen LogP contribution is -2.47. The highest BCUT2D eigenvalue weighted by molar-refractivity contribution is 5.92. The molecule has 6 heteroatoms. The van der Waals surface area contributed by atoms with Gasteiger partial charge >= 0.3 is 0 Å². The Morgan fingerprint density at radius 3 is 2.71 bits per heavy atom. The van der Waals surface area contributed by atoms with Crippen LogP contribution in [0.4, 0.5) is 0 Å². The zero-order valence-electron chi connectivity index (χ0n) is 16.1. The molecule has 3 atom stereocenters. The number of carbonyl (C=O) groups is 1. The van der Waals surface area contributed by atoms with Crippen LogP contribution in [0.3, 0.4) is 0 Å². The number of nitrogens with one attached hydrogen (secondary N) is 1. The molecule has 2 aliphatic heterocycles. The molecule has 28 heavy (non-hydrogen) atoms. The molecule has 5 rings (SSSR count). The van der Waals surface area contributed by atoms with Crippen LogP contribution < -0.4 is 10.1 Å². The highest BCUT2D eigenvalue weighted by Gasteiger charge is 2.42. The van der Waals surface area contributed by atoms with E-state index >= 15 is 0 Å². The third-order valence-corrected chi connectivity index (χ3v) is 6.13. The summed E-state index contributed by atoms with van der Waals surface area (Å²) in [6.07, 6.45) is 3.94. The molecule has 1 aromatic carbocycles. The fourth-order valence-corrected chi connectivity index (χ4v) is 4.38. The summed E-state index contributed by atoms with van der Waals surface area (Å²) in [5.74, 6) is 2.43. The smallest absolute Gasteiger partial charge is 0.287 e. The Kier molecular flexibility index (Phi) is 4.61. The van der Waals surface area contributed by atoms with Crippen LogP contribution in [-0.2, 0) is 4.74 Å². The fraction of sp³-hybridized carbons (Fsp3) is 0.500. The van der Waals surface area contributed by atoms with Crippen LogP contribution >= 0.6 is 0 Å². The zero-order chi connectivity index (χ0) is 19.1. The molecule has 1 aliphatic carbocycles. The van der Waals surface area contributed by atoms with E-state index in [1.165, 1.54) is 12.8 Å². The Hall–Kier alpha value is -2.31. The van der Waals surface area contributed by atoms with Gasteiger partial charge in [-0.15, -0.1) is 0 Å². The second kappa shape index (κ2) is 7.26. The van der Waals surface area contributed by atoms with E-state index in [2.05, 4.69) is 10.2 Å². The molecule has 0 radical (unpaired) electrons. The number of morpholine rings is 1. The number of methoxy groups -OCH3 is 1. The number of furan rings is 1. The van der Waals surface area contributed by atoms with Gasteiger partial charge in [-0.05, 0) is 61.6 Å². The maximum absolute atomic E-state index is 12.7. The van der Waals surface area contributed by atoms with Crippen molar-refractivity contribution in [3.63, 3.8) is 0 Å². The van der Waals surface area contributed by atoms with Crippen LogP contribution in [0.1, 0.15) is 29.8 Å². The van der Waals surface area contributed by atoms with Gasteiger partial charge < -0.3 is 19.2 Å². The van der Waals surface area contributed by atoms with Crippen molar-refractivity contribution >= 4 is 5.91 Å². The van der Waals surface area contributed by atoms with Crippen molar-refractivity contribution in [1.29, 1.82) is 0 Å². The van der Waals surface area contributed by atoms with Gasteiger partial charge in [-0.1, -0.05) is 0 Å². The van der Waals surface area contributed by atoms with Gasteiger partial charge in [0.1, 0.15) is 11.5 Å². The fourth-order valence-electron chi connectivity index (χ4n) is 4.38. The number of hydrogen-bond donors (Lipinski definition) is 1. The minimum absolute atomic E-state index is 0.147. The normalized spacial score (nSPS) is 27.4. The predicted octanol–water partition coefficient (Wildman–Crippen LogP) is 2.94. The number of rotatable bonds is 5. The van der Waals surface area contributed by atoms with Gasteiger partial charge in [0.25, 0.3) is 5.91 Å². The first-order valence-electron chi connectivity index (χ1n) is 10.1. The minimum Gasteiger partial charge on any atom is -0.497 e. The van der Waals surface area contributed by atoms with Gasteiger partial charge in [-0.3, -0.25) is 9.69 Å². The number of nitrogens with zero attached hydrogens (tertiary/aromatic N) is 1. The van der Waals surface area contributed by atoms with E-state index in [4.69, 9.17) is 13.9 Å². The summed E-state index contributed by atoms with van der Waals surface area (Å²) in [5.41, 5.74) is 0.918. The van der Waals surface area contributed by atoms with Gasteiger partial charge in [0.15, 0.2) is 5.76 Å². The molecule has 1 N–H and O–H groups in total. The topological polar surface area (TPSA) is 63.9 Å². The number of fused-ring (bicyclic) bond motifs is 1. The number of carbonyl (C=O) groups excluding carboxylic acids is 1. The molecular weight excluding hydrogens is 356 g/mol. The van der Waals surface area contributed by atoms with Crippen LogP contribution in [0.2, 0.25) is 0 Å². The molecule has 2 saturated heterocycles. The average molecular weight is 382 g/mol. The molecular formula is C22H26N2O4. The Bertz CT molecular complexity index is 842. The lowest BCUT2D eigenvalue weighted by Gasteiger charge is -2.35. The third-order valence-electron chi connectivity index (χ3n) is 6.13. The summed E-state index contributed by atoms with van der Waals surface area (Å²) in [5, 5.41) is 3.14. The Balaban J connectivity index is 1.20. The lowest BCUT2D eigenvalue weighted by molar-refractivity contribution is -0.0581. The molecule has 3 aliphatic rings. The van der Waals surface area contributed by atoms with E-state index in [1.54, 1.807) is 13.2 Å². The first kappa shape index (κ1) is 17.8. The Morgan fingerprint density at radius 2 is 1.96 bits per heavy atom. The minimum atomic E-state index is -0.149. The summed E-state index contributed by atoms with van der Waals surface area (Å²) in [7, 11) is 1.64. The lowest BCUT2D eigenvalue weighted by atomic mass is 10.1. The summed E-state index contributed by atoms with van der Waals surface area (Å²) in [6, 6.07) is 11.7. The SMILES string of the molecule is COc1ccc(-c2ccc(C(=O)N[C@H]3C[C@H]4CO[C@@H](C5CC5)CN4C3)o2)cc1. The second-order valence-corrected chi connectivity index (χ2v) is 8.12. The van der Waals surface area contributed by atoms with Crippen molar-refractivity contribution in [3.8, 4) is 17.1 Å². The van der Waals surface area contributed by atoms with Gasteiger partial charge in [-0.25, -0.2) is 0 Å². The van der Waals surface area contributed by atoms with Crippen molar-refractivity contribution in [1.82, 2.24) is 10.2 Å². The summed E-state index contributed by atoms with van der Waals surface area (Å²) in [6.45, 7) is 2.69. The Labute approximate surface area is 164 Å². The van der Waals surface area contributed by atoms with Crippen molar-refractivity contribution < 1.29 is 18.7 Å². The summed E-state index contributed by atoms with van der Waals surface area (Å²) < 4.78 is 17.0. The maximum Gasteiger partial charge on any atom is 0.287 e. The van der Waals surface area contributed by atoms with E-state index in [1.807, 2.05) is 30.3 Å². The molecule has 148 valence electrons. The number of ether oxygens (including phenoxy) is 2. The number of benzene rings is 1. The van der Waals surface area contributed by atoms with Crippen LogP contribution in [0.5, 0.6) is 5.75 Å². The van der Waals surface area contributed by atoms with Gasteiger partial charge in [0, 0.05) is 30.7 Å². The largest absolute Gasteiger partial charge is 0.497 e. The highest BCUT2D eigenvalue weighted by Crippen LogP contribution is 2.38. The van der Waals surface area contributed by atoms with Gasteiger partial charge in [0.2, 0.25) is 0 Å². The second-order valence-electron chi connectivity index (χ2n) is 8.12.